The van der Waals surface area contributed by atoms with Crippen LogP contribution in [0.1, 0.15) is 16.1 Å². The Morgan fingerprint density at radius 2 is 1.66 bits per heavy atom. The second-order valence-electron chi connectivity index (χ2n) is 6.85. The summed E-state index contributed by atoms with van der Waals surface area (Å²) in [5.41, 5.74) is 1.55. The summed E-state index contributed by atoms with van der Waals surface area (Å²) in [5, 5.41) is 13.6. The lowest BCUT2D eigenvalue weighted by Crippen LogP contribution is -2.37. The van der Waals surface area contributed by atoms with E-state index in [9.17, 15) is 19.5 Å². The van der Waals surface area contributed by atoms with Crippen molar-refractivity contribution in [2.24, 2.45) is 21.1 Å². The van der Waals surface area contributed by atoms with E-state index < -0.39 is 17.2 Å². The molecule has 3 heterocycles. The van der Waals surface area contributed by atoms with Crippen LogP contribution in [0.15, 0.2) is 39.9 Å². The third-order valence-corrected chi connectivity index (χ3v) is 4.92. The Hall–Kier alpha value is -3.95. The summed E-state index contributed by atoms with van der Waals surface area (Å²) in [6.45, 7) is 1.95. The molecule has 0 radical (unpaired) electrons. The molecule has 10 heteroatoms. The average molecular weight is 394 g/mol. The van der Waals surface area contributed by atoms with E-state index in [2.05, 4.69) is 10.1 Å². The molecule has 3 aromatic heterocycles. The smallest absolute Gasteiger partial charge is 0.356 e. The highest BCUT2D eigenvalue weighted by Crippen LogP contribution is 2.25. The molecule has 0 unspecified atom stereocenters. The molecular weight excluding hydrogens is 376 g/mol. The first-order chi connectivity index (χ1) is 13.7. The minimum Gasteiger partial charge on any atom is -0.476 e. The number of carboxylic acids is 1. The highest BCUT2D eigenvalue weighted by atomic mass is 16.4. The maximum Gasteiger partial charge on any atom is 0.356 e. The van der Waals surface area contributed by atoms with E-state index >= 15 is 0 Å². The van der Waals surface area contributed by atoms with Gasteiger partial charge < -0.3 is 9.67 Å². The second kappa shape index (κ2) is 6.30. The van der Waals surface area contributed by atoms with Gasteiger partial charge >= 0.3 is 11.7 Å². The van der Waals surface area contributed by atoms with Crippen LogP contribution >= 0.6 is 0 Å². The van der Waals surface area contributed by atoms with Gasteiger partial charge in [0.2, 0.25) is 5.95 Å². The minimum atomic E-state index is -1.18. The predicted octanol–water partition coefficient (Wildman–Crippen LogP) is 0.830. The highest BCUT2D eigenvalue weighted by molar-refractivity contribution is 5.87. The van der Waals surface area contributed by atoms with Crippen LogP contribution in [0.5, 0.6) is 0 Å². The Bertz CT molecular complexity index is 1400. The zero-order valence-electron chi connectivity index (χ0n) is 16.2. The van der Waals surface area contributed by atoms with E-state index in [0.29, 0.717) is 5.69 Å². The first-order valence-corrected chi connectivity index (χ1v) is 8.74. The van der Waals surface area contributed by atoms with Gasteiger partial charge in [0.1, 0.15) is 0 Å². The van der Waals surface area contributed by atoms with Gasteiger partial charge in [-0.2, -0.15) is 14.8 Å². The number of fused-ring (bicyclic) bond motifs is 1. The van der Waals surface area contributed by atoms with Gasteiger partial charge in [0.15, 0.2) is 16.9 Å². The third kappa shape index (κ3) is 2.68. The Labute approximate surface area is 163 Å². The van der Waals surface area contributed by atoms with Gasteiger partial charge in [-0.3, -0.25) is 13.9 Å². The van der Waals surface area contributed by atoms with E-state index in [1.807, 2.05) is 31.2 Å². The Morgan fingerprint density at radius 3 is 2.28 bits per heavy atom. The van der Waals surface area contributed by atoms with Gasteiger partial charge in [-0.05, 0) is 13.0 Å². The fraction of sp³-hybridized carbons (Fsp3) is 0.211. The summed E-state index contributed by atoms with van der Waals surface area (Å²) in [6, 6.07) is 8.96. The summed E-state index contributed by atoms with van der Waals surface area (Å²) in [6.07, 6.45) is 0. The van der Waals surface area contributed by atoms with E-state index in [-0.39, 0.29) is 22.8 Å². The van der Waals surface area contributed by atoms with Crippen molar-refractivity contribution in [3.05, 3.63) is 62.4 Å². The van der Waals surface area contributed by atoms with Gasteiger partial charge in [0.25, 0.3) is 5.56 Å². The molecule has 1 N–H and O–H groups in total. The van der Waals surface area contributed by atoms with Crippen molar-refractivity contribution in [1.82, 2.24) is 28.5 Å². The standard InChI is InChI=1S/C19H18N6O4/c1-10-5-7-11(8-6-10)13-9-12(17(27)28)21-25(13)18-20-15-14(22(18)2)16(26)24(4)19(29)23(15)3/h5-9H,1-4H3,(H,27,28). The van der Waals surface area contributed by atoms with Crippen molar-refractivity contribution in [3.8, 4) is 17.2 Å². The van der Waals surface area contributed by atoms with Gasteiger partial charge in [-0.25, -0.2) is 9.59 Å². The number of benzene rings is 1. The van der Waals surface area contributed by atoms with Crippen LogP contribution in [0.4, 0.5) is 0 Å². The number of hydrogen-bond donors (Lipinski definition) is 1. The third-order valence-electron chi connectivity index (χ3n) is 4.92. The molecule has 0 aliphatic carbocycles. The topological polar surface area (TPSA) is 117 Å². The van der Waals surface area contributed by atoms with Crippen molar-refractivity contribution in [1.29, 1.82) is 0 Å². The lowest BCUT2D eigenvalue weighted by Gasteiger charge is -2.07. The number of carbonyl (C=O) groups is 1. The normalized spacial score (nSPS) is 11.3. The van der Waals surface area contributed by atoms with E-state index in [0.717, 1.165) is 15.7 Å². The molecule has 0 fully saturated rings. The highest BCUT2D eigenvalue weighted by Gasteiger charge is 2.23. The summed E-state index contributed by atoms with van der Waals surface area (Å²) < 4.78 is 5.15. The molecule has 0 saturated carbocycles. The van der Waals surface area contributed by atoms with Gasteiger partial charge in [0.05, 0.1) is 5.69 Å². The zero-order valence-corrected chi connectivity index (χ0v) is 16.2. The molecule has 0 aliphatic heterocycles. The summed E-state index contributed by atoms with van der Waals surface area (Å²) in [7, 11) is 4.54. The number of aromatic nitrogens is 6. The van der Waals surface area contributed by atoms with Crippen molar-refractivity contribution < 1.29 is 9.90 Å². The van der Waals surface area contributed by atoms with Crippen molar-refractivity contribution >= 4 is 17.1 Å². The first-order valence-electron chi connectivity index (χ1n) is 8.74. The molecule has 10 nitrogen and oxygen atoms in total. The molecule has 0 bridgehead atoms. The molecule has 0 atom stereocenters. The lowest BCUT2D eigenvalue weighted by molar-refractivity contribution is 0.0690. The zero-order chi connectivity index (χ0) is 21.0. The molecule has 0 saturated heterocycles. The maximum absolute atomic E-state index is 12.6. The fourth-order valence-corrected chi connectivity index (χ4v) is 3.26. The monoisotopic (exact) mass is 394 g/mol. The number of rotatable bonds is 3. The van der Waals surface area contributed by atoms with Crippen LogP contribution in [-0.4, -0.2) is 39.5 Å². The number of imidazole rings is 1. The first kappa shape index (κ1) is 18.4. The van der Waals surface area contributed by atoms with Crippen LogP contribution in [0, 0.1) is 6.92 Å². The van der Waals surface area contributed by atoms with Crippen LogP contribution in [0.2, 0.25) is 0 Å². The minimum absolute atomic E-state index is 0.158. The summed E-state index contributed by atoms with van der Waals surface area (Å²) in [5.74, 6) is -0.958. The molecule has 0 aliphatic rings. The number of aryl methyl sites for hydroxylation is 3. The number of aromatic carboxylic acids is 1. The molecule has 0 amide bonds. The molecule has 4 rings (SSSR count). The quantitative estimate of drug-likeness (QED) is 0.550. The summed E-state index contributed by atoms with van der Waals surface area (Å²) >= 11 is 0. The molecule has 0 spiro atoms. The number of hydrogen-bond acceptors (Lipinski definition) is 5. The number of nitrogens with zero attached hydrogens (tertiary/aromatic N) is 6. The number of carboxylic acid groups (broad SMARTS) is 1. The molecule has 148 valence electrons. The van der Waals surface area contributed by atoms with Gasteiger partial charge in [-0.15, -0.1) is 0 Å². The van der Waals surface area contributed by atoms with E-state index in [1.165, 1.54) is 34.0 Å². The van der Waals surface area contributed by atoms with Crippen LogP contribution in [0.25, 0.3) is 28.4 Å². The van der Waals surface area contributed by atoms with Crippen molar-refractivity contribution in [2.45, 2.75) is 6.92 Å². The Morgan fingerprint density at radius 1 is 1.00 bits per heavy atom. The largest absolute Gasteiger partial charge is 0.476 e. The Balaban J connectivity index is 2.07. The van der Waals surface area contributed by atoms with E-state index in [4.69, 9.17) is 0 Å². The van der Waals surface area contributed by atoms with Crippen molar-refractivity contribution in [3.63, 3.8) is 0 Å². The SMILES string of the molecule is Cc1ccc(-c2cc(C(=O)O)nn2-c2nc3c(c(=O)n(C)c(=O)n3C)n2C)cc1. The molecule has 4 aromatic rings. The van der Waals surface area contributed by atoms with Crippen LogP contribution < -0.4 is 11.2 Å². The molecular formula is C19H18N6O4. The predicted molar refractivity (Wildman–Crippen MR) is 105 cm³/mol. The van der Waals surface area contributed by atoms with Gasteiger partial charge in [0, 0.05) is 26.7 Å². The lowest BCUT2D eigenvalue weighted by atomic mass is 10.1. The Kier molecular flexibility index (Phi) is 4.00. The fourth-order valence-electron chi connectivity index (χ4n) is 3.26. The second-order valence-corrected chi connectivity index (χ2v) is 6.85. The van der Waals surface area contributed by atoms with Crippen molar-refractivity contribution in [2.75, 3.05) is 0 Å². The maximum atomic E-state index is 12.6. The van der Waals surface area contributed by atoms with Crippen LogP contribution in [-0.2, 0) is 21.1 Å². The average Bonchev–Trinajstić information content (AvgIpc) is 3.27. The van der Waals surface area contributed by atoms with E-state index in [1.54, 1.807) is 7.05 Å². The molecule has 1 aromatic carbocycles. The molecule has 29 heavy (non-hydrogen) atoms. The van der Waals surface area contributed by atoms with Gasteiger partial charge in [-0.1, -0.05) is 29.8 Å². The van der Waals surface area contributed by atoms with Crippen LogP contribution in [0.3, 0.4) is 0 Å². The summed E-state index contributed by atoms with van der Waals surface area (Å²) in [4.78, 5) is 40.9.